The van der Waals surface area contributed by atoms with Crippen LogP contribution in [0.5, 0.6) is 0 Å². The number of carbonyl (C=O) groups excluding carboxylic acids is 2. The van der Waals surface area contributed by atoms with Crippen molar-refractivity contribution in [2.45, 2.75) is 0 Å². The Morgan fingerprint density at radius 2 is 1.76 bits per heavy atom. The Kier molecular flexibility index (Phi) is 5.22. The molecule has 0 fully saturated rings. The first-order valence-corrected chi connectivity index (χ1v) is 9.75. The number of rotatable bonds is 5. The van der Waals surface area contributed by atoms with Crippen LogP contribution in [0.15, 0.2) is 72.1 Å². The summed E-state index contributed by atoms with van der Waals surface area (Å²) in [6.07, 6.45) is 0. The summed E-state index contributed by atoms with van der Waals surface area (Å²) < 4.78 is 5.19. The van der Waals surface area contributed by atoms with Crippen molar-refractivity contribution in [2.24, 2.45) is 0 Å². The highest BCUT2D eigenvalue weighted by atomic mass is 32.1. The largest absolute Gasteiger partial charge is 0.452 e. The fourth-order valence-corrected chi connectivity index (χ4v) is 3.71. The van der Waals surface area contributed by atoms with Crippen LogP contribution in [-0.4, -0.2) is 23.5 Å². The molecule has 0 aliphatic rings. The van der Waals surface area contributed by atoms with Crippen molar-refractivity contribution in [3.05, 3.63) is 77.7 Å². The van der Waals surface area contributed by atoms with E-state index in [0.29, 0.717) is 21.8 Å². The molecular formula is C22H17N3O3S. The maximum Gasteiger partial charge on any atom is 0.339 e. The highest BCUT2D eigenvalue weighted by Gasteiger charge is 2.16. The third kappa shape index (κ3) is 4.09. The Morgan fingerprint density at radius 3 is 2.55 bits per heavy atom. The van der Waals surface area contributed by atoms with Crippen LogP contribution < -0.4 is 11.1 Å². The first kappa shape index (κ1) is 18.6. The number of hydrogen-bond acceptors (Lipinski definition) is 6. The van der Waals surface area contributed by atoms with Crippen LogP contribution in [0.3, 0.4) is 0 Å². The zero-order valence-corrected chi connectivity index (χ0v) is 16.1. The third-order valence-electron chi connectivity index (χ3n) is 4.31. The van der Waals surface area contributed by atoms with E-state index in [4.69, 9.17) is 10.5 Å². The summed E-state index contributed by atoms with van der Waals surface area (Å²) in [6.45, 7) is -0.414. The van der Waals surface area contributed by atoms with Gasteiger partial charge in [0.1, 0.15) is 0 Å². The van der Waals surface area contributed by atoms with Crippen molar-refractivity contribution in [2.75, 3.05) is 17.7 Å². The summed E-state index contributed by atoms with van der Waals surface area (Å²) in [5, 5.41) is 6.41. The molecule has 0 spiro atoms. The number of thiazole rings is 1. The van der Waals surface area contributed by atoms with E-state index in [1.54, 1.807) is 18.2 Å². The topological polar surface area (TPSA) is 94.3 Å². The van der Waals surface area contributed by atoms with Crippen molar-refractivity contribution in [3.63, 3.8) is 0 Å². The second kappa shape index (κ2) is 8.12. The predicted molar refractivity (Wildman–Crippen MR) is 115 cm³/mol. The minimum atomic E-state index is -0.604. The number of benzene rings is 3. The molecule has 0 aliphatic carbocycles. The van der Waals surface area contributed by atoms with Gasteiger partial charge in [-0.3, -0.25) is 10.1 Å². The summed E-state index contributed by atoms with van der Waals surface area (Å²) in [7, 11) is 0. The van der Waals surface area contributed by atoms with E-state index >= 15 is 0 Å². The molecule has 0 unspecified atom stereocenters. The Hall–Kier alpha value is -3.71. The highest BCUT2D eigenvalue weighted by Crippen LogP contribution is 2.26. The summed E-state index contributed by atoms with van der Waals surface area (Å²) >= 11 is 1.31. The number of anilines is 2. The smallest absolute Gasteiger partial charge is 0.339 e. The molecule has 144 valence electrons. The fourth-order valence-electron chi connectivity index (χ4n) is 2.98. The van der Waals surface area contributed by atoms with Gasteiger partial charge in [-0.25, -0.2) is 9.78 Å². The van der Waals surface area contributed by atoms with Gasteiger partial charge < -0.3 is 10.5 Å². The molecule has 29 heavy (non-hydrogen) atoms. The highest BCUT2D eigenvalue weighted by molar-refractivity contribution is 7.14. The van der Waals surface area contributed by atoms with Gasteiger partial charge in [0.2, 0.25) is 0 Å². The van der Waals surface area contributed by atoms with E-state index in [2.05, 4.69) is 10.3 Å². The molecule has 3 aromatic carbocycles. The molecule has 1 aromatic heterocycles. The minimum Gasteiger partial charge on any atom is -0.452 e. The normalized spacial score (nSPS) is 10.6. The summed E-state index contributed by atoms with van der Waals surface area (Å²) in [5.41, 5.74) is 8.55. The maximum atomic E-state index is 12.5. The molecule has 0 bridgehead atoms. The summed E-state index contributed by atoms with van der Waals surface area (Å²) in [5.74, 6) is -1.06. The van der Waals surface area contributed by atoms with Gasteiger partial charge in [0, 0.05) is 22.0 Å². The van der Waals surface area contributed by atoms with Crippen LogP contribution in [0.4, 0.5) is 10.8 Å². The SMILES string of the molecule is Nc1cccc2cccc(C(=O)OCC(=O)Nc3nc(-c4ccccc4)cs3)c12. The van der Waals surface area contributed by atoms with Crippen molar-refractivity contribution in [1.82, 2.24) is 4.98 Å². The second-order valence-electron chi connectivity index (χ2n) is 6.28. The van der Waals surface area contributed by atoms with E-state index in [9.17, 15) is 9.59 Å². The lowest BCUT2D eigenvalue weighted by Gasteiger charge is -2.09. The molecule has 4 rings (SSSR count). The van der Waals surface area contributed by atoms with E-state index in [0.717, 1.165) is 16.6 Å². The number of hydrogen-bond donors (Lipinski definition) is 2. The van der Waals surface area contributed by atoms with E-state index < -0.39 is 18.5 Å². The monoisotopic (exact) mass is 403 g/mol. The van der Waals surface area contributed by atoms with Gasteiger partial charge >= 0.3 is 5.97 Å². The van der Waals surface area contributed by atoms with E-state index in [1.807, 2.05) is 53.9 Å². The van der Waals surface area contributed by atoms with Crippen molar-refractivity contribution < 1.29 is 14.3 Å². The Balaban J connectivity index is 1.41. The number of nitrogen functional groups attached to an aromatic ring is 1. The first-order chi connectivity index (χ1) is 14.1. The van der Waals surface area contributed by atoms with Crippen molar-refractivity contribution in [3.8, 4) is 11.3 Å². The quantitative estimate of drug-likeness (QED) is 0.382. The average Bonchev–Trinajstić information content (AvgIpc) is 3.21. The number of aromatic nitrogens is 1. The molecule has 0 aliphatic heterocycles. The number of nitrogens with zero attached hydrogens (tertiary/aromatic N) is 1. The van der Waals surface area contributed by atoms with Gasteiger partial charge in [0.05, 0.1) is 11.3 Å². The van der Waals surface area contributed by atoms with Gasteiger partial charge in [-0.2, -0.15) is 0 Å². The molecule has 6 nitrogen and oxygen atoms in total. The van der Waals surface area contributed by atoms with Gasteiger partial charge in [-0.05, 0) is 17.5 Å². The number of fused-ring (bicyclic) bond motifs is 1. The average molecular weight is 403 g/mol. The second-order valence-corrected chi connectivity index (χ2v) is 7.14. The van der Waals surface area contributed by atoms with Gasteiger partial charge in [0.15, 0.2) is 11.7 Å². The minimum absolute atomic E-state index is 0.328. The van der Waals surface area contributed by atoms with Crippen molar-refractivity contribution in [1.29, 1.82) is 0 Å². The zero-order valence-electron chi connectivity index (χ0n) is 15.3. The third-order valence-corrected chi connectivity index (χ3v) is 5.07. The maximum absolute atomic E-state index is 12.5. The molecule has 0 saturated heterocycles. The zero-order chi connectivity index (χ0) is 20.2. The fraction of sp³-hybridized carbons (Fsp3) is 0.0455. The number of nitrogens with two attached hydrogens (primary N) is 1. The van der Waals surface area contributed by atoms with E-state index in [1.165, 1.54) is 11.3 Å². The molecule has 0 saturated carbocycles. The standard InChI is InChI=1S/C22H17N3O3S/c23-17-11-5-9-15-8-4-10-16(20(15)17)21(27)28-12-19(26)25-22-24-18(13-29-22)14-6-2-1-3-7-14/h1-11,13H,12,23H2,(H,24,25,26). The van der Waals surface area contributed by atoms with Crippen LogP contribution in [0.2, 0.25) is 0 Å². The molecule has 1 heterocycles. The molecular weight excluding hydrogens is 386 g/mol. The number of esters is 1. The molecule has 3 N–H and O–H groups in total. The predicted octanol–water partition coefficient (Wildman–Crippen LogP) is 4.34. The van der Waals surface area contributed by atoms with Crippen molar-refractivity contribution >= 4 is 44.8 Å². The molecule has 1 amide bonds. The van der Waals surface area contributed by atoms with Gasteiger partial charge in [0.25, 0.3) is 5.91 Å². The van der Waals surface area contributed by atoms with Crippen LogP contribution in [0.1, 0.15) is 10.4 Å². The van der Waals surface area contributed by atoms with Crippen LogP contribution in [0.25, 0.3) is 22.0 Å². The van der Waals surface area contributed by atoms with Crippen LogP contribution >= 0.6 is 11.3 Å². The van der Waals surface area contributed by atoms with Gasteiger partial charge in [-0.1, -0.05) is 54.6 Å². The van der Waals surface area contributed by atoms with Gasteiger partial charge in [-0.15, -0.1) is 11.3 Å². The summed E-state index contributed by atoms with van der Waals surface area (Å²) in [4.78, 5) is 29.1. The lowest BCUT2D eigenvalue weighted by molar-refractivity contribution is -0.119. The number of amides is 1. The Morgan fingerprint density at radius 1 is 1.00 bits per heavy atom. The van der Waals surface area contributed by atoms with Crippen LogP contribution in [0, 0.1) is 0 Å². The molecule has 0 radical (unpaired) electrons. The molecule has 4 aromatic rings. The molecule has 0 atom stereocenters. The number of nitrogens with one attached hydrogen (secondary N) is 1. The Bertz CT molecular complexity index is 1180. The Labute approximate surface area is 171 Å². The van der Waals surface area contributed by atoms with E-state index in [-0.39, 0.29) is 0 Å². The lowest BCUT2D eigenvalue weighted by Crippen LogP contribution is -2.21. The number of ether oxygens (including phenoxy) is 1. The number of carbonyl (C=O) groups is 2. The first-order valence-electron chi connectivity index (χ1n) is 8.87. The lowest BCUT2D eigenvalue weighted by atomic mass is 10.0. The molecule has 7 heteroatoms. The van der Waals surface area contributed by atoms with Crippen LogP contribution in [-0.2, 0) is 9.53 Å². The summed E-state index contributed by atoms with van der Waals surface area (Å²) in [6, 6.07) is 20.3.